The molecule has 4 nitrogen and oxygen atoms in total. The van der Waals surface area contributed by atoms with E-state index < -0.39 is 0 Å². The minimum atomic E-state index is 0.114. The quantitative estimate of drug-likeness (QED) is 0.767. The Kier molecular flexibility index (Phi) is 2.99. The van der Waals surface area contributed by atoms with Crippen molar-refractivity contribution in [2.75, 3.05) is 25.9 Å². The molecule has 0 radical (unpaired) electrons. The number of anilines is 1. The van der Waals surface area contributed by atoms with E-state index in [1.54, 1.807) is 4.90 Å². The molecule has 0 unspecified atom stereocenters. The summed E-state index contributed by atoms with van der Waals surface area (Å²) >= 11 is 0. The Hall–Kier alpha value is -1.71. The molecule has 2 rings (SSSR count). The molecule has 0 saturated carbocycles. The number of rotatable bonds is 2. The van der Waals surface area contributed by atoms with Gasteiger partial charge in [-0.2, -0.15) is 0 Å². The Labute approximate surface area is 95.6 Å². The van der Waals surface area contributed by atoms with E-state index in [9.17, 15) is 4.79 Å². The van der Waals surface area contributed by atoms with Gasteiger partial charge in [0.05, 0.1) is 0 Å². The second-order valence-electron chi connectivity index (χ2n) is 4.22. The van der Waals surface area contributed by atoms with Gasteiger partial charge in [-0.3, -0.25) is 0 Å². The number of benzene rings is 1. The first kappa shape index (κ1) is 10.8. The lowest BCUT2D eigenvalue weighted by atomic mass is 10.2. The van der Waals surface area contributed by atoms with E-state index in [2.05, 4.69) is 0 Å². The monoisotopic (exact) mass is 219 g/mol. The van der Waals surface area contributed by atoms with E-state index in [0.29, 0.717) is 6.54 Å². The van der Waals surface area contributed by atoms with Crippen LogP contribution in [0.4, 0.5) is 10.5 Å². The zero-order valence-electron chi connectivity index (χ0n) is 9.52. The summed E-state index contributed by atoms with van der Waals surface area (Å²) in [6.07, 6.45) is 1.04. The summed E-state index contributed by atoms with van der Waals surface area (Å²) in [6.45, 7) is 2.37. The molecule has 0 aromatic heterocycles. The molecule has 1 heterocycles. The van der Waals surface area contributed by atoms with Gasteiger partial charge in [-0.25, -0.2) is 4.79 Å². The van der Waals surface area contributed by atoms with Crippen LogP contribution in [0.15, 0.2) is 24.3 Å². The fraction of sp³-hybridized carbons (Fsp3) is 0.417. The van der Waals surface area contributed by atoms with Crippen LogP contribution in [0, 0.1) is 0 Å². The molecule has 1 aliphatic rings. The van der Waals surface area contributed by atoms with E-state index in [4.69, 9.17) is 5.73 Å². The van der Waals surface area contributed by atoms with Crippen molar-refractivity contribution in [2.45, 2.75) is 13.0 Å². The smallest absolute Gasteiger partial charge is 0.320 e. The van der Waals surface area contributed by atoms with Gasteiger partial charge in [0.15, 0.2) is 0 Å². The van der Waals surface area contributed by atoms with Crippen molar-refractivity contribution in [3.05, 3.63) is 29.8 Å². The Balaban J connectivity index is 2.03. The summed E-state index contributed by atoms with van der Waals surface area (Å²) in [5.41, 5.74) is 7.50. The molecule has 2 N–H and O–H groups in total. The zero-order chi connectivity index (χ0) is 11.5. The highest BCUT2D eigenvalue weighted by Crippen LogP contribution is 2.13. The predicted molar refractivity (Wildman–Crippen MR) is 63.9 cm³/mol. The number of carbonyl (C=O) groups is 1. The van der Waals surface area contributed by atoms with Crippen LogP contribution in [0.25, 0.3) is 0 Å². The molecule has 0 atom stereocenters. The van der Waals surface area contributed by atoms with E-state index >= 15 is 0 Å². The molecule has 16 heavy (non-hydrogen) atoms. The molecule has 0 spiro atoms. The molecule has 1 aliphatic heterocycles. The van der Waals surface area contributed by atoms with Crippen LogP contribution < -0.4 is 5.73 Å². The SMILES string of the molecule is CN1CCCN(Cc2ccc(N)cc2)C1=O. The van der Waals surface area contributed by atoms with Crippen molar-refractivity contribution in [1.82, 2.24) is 9.80 Å². The molecule has 2 amide bonds. The molecule has 4 heteroatoms. The fourth-order valence-corrected chi connectivity index (χ4v) is 1.92. The number of amides is 2. The van der Waals surface area contributed by atoms with E-state index in [-0.39, 0.29) is 6.03 Å². The summed E-state index contributed by atoms with van der Waals surface area (Å²) in [4.78, 5) is 15.5. The van der Waals surface area contributed by atoms with Gasteiger partial charge in [0.1, 0.15) is 0 Å². The Morgan fingerprint density at radius 3 is 2.62 bits per heavy atom. The summed E-state index contributed by atoms with van der Waals surface area (Å²) in [5.74, 6) is 0. The summed E-state index contributed by atoms with van der Waals surface area (Å²) < 4.78 is 0. The summed E-state index contributed by atoms with van der Waals surface area (Å²) in [7, 11) is 1.84. The van der Waals surface area contributed by atoms with Crippen LogP contribution in [0.5, 0.6) is 0 Å². The minimum absolute atomic E-state index is 0.114. The number of hydrogen-bond acceptors (Lipinski definition) is 2. The number of hydrogen-bond donors (Lipinski definition) is 1. The number of carbonyl (C=O) groups excluding carboxylic acids is 1. The minimum Gasteiger partial charge on any atom is -0.399 e. The maximum Gasteiger partial charge on any atom is 0.320 e. The van der Waals surface area contributed by atoms with Crippen molar-refractivity contribution < 1.29 is 4.79 Å². The number of nitrogens with two attached hydrogens (primary N) is 1. The first-order chi connectivity index (χ1) is 7.66. The Morgan fingerprint density at radius 2 is 1.94 bits per heavy atom. The standard InChI is InChI=1S/C12H17N3O/c1-14-7-2-8-15(12(14)16)9-10-3-5-11(13)6-4-10/h3-6H,2,7-9,13H2,1H3. The fourth-order valence-electron chi connectivity index (χ4n) is 1.92. The van der Waals surface area contributed by atoms with Gasteiger partial charge < -0.3 is 15.5 Å². The molecule has 1 aromatic rings. The summed E-state index contributed by atoms with van der Waals surface area (Å²) in [5, 5.41) is 0. The Bertz CT molecular complexity index is 374. The summed E-state index contributed by atoms with van der Waals surface area (Å²) in [6, 6.07) is 7.79. The van der Waals surface area contributed by atoms with Crippen LogP contribution in [-0.4, -0.2) is 36.0 Å². The lowest BCUT2D eigenvalue weighted by Crippen LogP contribution is -2.46. The van der Waals surface area contributed by atoms with E-state index in [1.807, 2.05) is 36.2 Å². The Morgan fingerprint density at radius 1 is 1.25 bits per heavy atom. The third kappa shape index (κ3) is 2.27. The highest BCUT2D eigenvalue weighted by Gasteiger charge is 2.22. The lowest BCUT2D eigenvalue weighted by Gasteiger charge is -2.33. The van der Waals surface area contributed by atoms with Crippen LogP contribution in [-0.2, 0) is 6.54 Å². The van der Waals surface area contributed by atoms with Gasteiger partial charge in [-0.15, -0.1) is 0 Å². The number of nitrogens with zero attached hydrogens (tertiary/aromatic N) is 2. The second-order valence-corrected chi connectivity index (χ2v) is 4.22. The highest BCUT2D eigenvalue weighted by molar-refractivity contribution is 5.74. The second kappa shape index (κ2) is 4.43. The van der Waals surface area contributed by atoms with Crippen molar-refractivity contribution in [3.63, 3.8) is 0 Å². The van der Waals surface area contributed by atoms with Gasteiger partial charge in [-0.1, -0.05) is 12.1 Å². The predicted octanol–water partition coefficient (Wildman–Crippen LogP) is 1.53. The molecule has 86 valence electrons. The number of nitrogen functional groups attached to an aromatic ring is 1. The molecule has 1 fully saturated rings. The molecule has 0 aliphatic carbocycles. The van der Waals surface area contributed by atoms with Crippen molar-refractivity contribution >= 4 is 11.7 Å². The number of urea groups is 1. The third-order valence-corrected chi connectivity index (χ3v) is 2.87. The zero-order valence-corrected chi connectivity index (χ0v) is 9.52. The van der Waals surface area contributed by atoms with Gasteiger partial charge in [0, 0.05) is 32.4 Å². The van der Waals surface area contributed by atoms with Crippen LogP contribution in [0.3, 0.4) is 0 Å². The van der Waals surface area contributed by atoms with Gasteiger partial charge in [0.25, 0.3) is 0 Å². The van der Waals surface area contributed by atoms with Crippen molar-refractivity contribution in [3.8, 4) is 0 Å². The van der Waals surface area contributed by atoms with Gasteiger partial charge in [0.2, 0.25) is 0 Å². The first-order valence-corrected chi connectivity index (χ1v) is 5.51. The third-order valence-electron chi connectivity index (χ3n) is 2.87. The molecular weight excluding hydrogens is 202 g/mol. The average Bonchev–Trinajstić information content (AvgIpc) is 2.28. The average molecular weight is 219 g/mol. The lowest BCUT2D eigenvalue weighted by molar-refractivity contribution is 0.138. The van der Waals surface area contributed by atoms with Crippen LogP contribution in [0.1, 0.15) is 12.0 Å². The van der Waals surface area contributed by atoms with Gasteiger partial charge in [-0.05, 0) is 24.1 Å². The van der Waals surface area contributed by atoms with Crippen molar-refractivity contribution in [2.24, 2.45) is 0 Å². The van der Waals surface area contributed by atoms with Crippen LogP contribution >= 0.6 is 0 Å². The van der Waals surface area contributed by atoms with E-state index in [1.165, 1.54) is 0 Å². The van der Waals surface area contributed by atoms with Crippen LogP contribution in [0.2, 0.25) is 0 Å². The van der Waals surface area contributed by atoms with Gasteiger partial charge >= 0.3 is 6.03 Å². The molecule has 1 aromatic carbocycles. The largest absolute Gasteiger partial charge is 0.399 e. The molecule has 1 saturated heterocycles. The van der Waals surface area contributed by atoms with Crippen molar-refractivity contribution in [1.29, 1.82) is 0 Å². The maximum atomic E-state index is 11.8. The molecular formula is C12H17N3O. The highest BCUT2D eigenvalue weighted by atomic mass is 16.2. The first-order valence-electron chi connectivity index (χ1n) is 5.51. The van der Waals surface area contributed by atoms with E-state index in [0.717, 1.165) is 30.8 Å². The topological polar surface area (TPSA) is 49.6 Å². The normalized spacial score (nSPS) is 16.7. The maximum absolute atomic E-state index is 11.8. The molecule has 0 bridgehead atoms.